The molecule has 0 saturated carbocycles. The molecule has 20 heavy (non-hydrogen) atoms. The molecule has 1 aromatic carbocycles. The average Bonchev–Trinajstić information content (AvgIpc) is 2.26. The van der Waals surface area contributed by atoms with Crippen LogP contribution in [0.3, 0.4) is 0 Å². The van der Waals surface area contributed by atoms with E-state index in [1.165, 1.54) is 0 Å². The van der Waals surface area contributed by atoms with Crippen molar-refractivity contribution in [1.82, 2.24) is 0 Å². The van der Waals surface area contributed by atoms with Crippen molar-refractivity contribution in [1.29, 1.82) is 0 Å². The molecule has 1 aromatic rings. The summed E-state index contributed by atoms with van der Waals surface area (Å²) >= 11 is 0. The maximum Gasteiger partial charge on any atom is 0.341 e. The van der Waals surface area contributed by atoms with Crippen molar-refractivity contribution in [3.8, 4) is 0 Å². The molecule has 0 saturated heterocycles. The molecule has 0 N–H and O–H groups in total. The maximum absolute atomic E-state index is 13.5. The molecule has 4 nitrogen and oxygen atoms in total. The summed E-state index contributed by atoms with van der Waals surface area (Å²) in [6, 6.07) is 0.818. The Morgan fingerprint density at radius 2 is 1.90 bits per heavy atom. The summed E-state index contributed by atoms with van der Waals surface area (Å²) in [5, 5.41) is 0. The number of carbonyl (C=O) groups is 1. The van der Waals surface area contributed by atoms with E-state index in [2.05, 4.69) is 0 Å². The first-order valence-electron chi connectivity index (χ1n) is 5.73. The van der Waals surface area contributed by atoms with Crippen LogP contribution in [0, 0.1) is 17.6 Å². The minimum Gasteiger partial charge on any atom is -0.462 e. The molecular weight excluding hydrogens is 314 g/mol. The molecule has 0 radical (unpaired) electrons. The zero-order valence-electron chi connectivity index (χ0n) is 10.8. The summed E-state index contributed by atoms with van der Waals surface area (Å²) in [6.45, 7) is 3.87. The molecule has 0 fully saturated rings. The molecule has 0 aliphatic heterocycles. The van der Waals surface area contributed by atoms with Gasteiger partial charge in [-0.05, 0) is 18.4 Å². The lowest BCUT2D eigenvalue weighted by molar-refractivity contribution is 0.0482. The smallest absolute Gasteiger partial charge is 0.341 e. The molecule has 0 heterocycles. The molecule has 8 heteroatoms. The highest BCUT2D eigenvalue weighted by atomic mass is 35.7. The molecule has 0 aliphatic rings. The van der Waals surface area contributed by atoms with Gasteiger partial charge in [0.2, 0.25) is 0 Å². The summed E-state index contributed by atoms with van der Waals surface area (Å²) in [4.78, 5) is 10.7. The van der Waals surface area contributed by atoms with Gasteiger partial charge in [0.15, 0.2) is 0 Å². The summed E-state index contributed by atoms with van der Waals surface area (Å²) < 4.78 is 53.7. The van der Waals surface area contributed by atoms with Gasteiger partial charge in [0.1, 0.15) is 16.5 Å². The number of hydrogen-bond acceptors (Lipinski definition) is 4. The van der Waals surface area contributed by atoms with E-state index >= 15 is 0 Å². The molecule has 0 aliphatic carbocycles. The fraction of sp³-hybridized carbons (Fsp3) is 0.417. The van der Waals surface area contributed by atoms with E-state index in [1.54, 1.807) is 0 Å². The Labute approximate surface area is 120 Å². The van der Waals surface area contributed by atoms with Crippen molar-refractivity contribution in [2.45, 2.75) is 25.2 Å². The van der Waals surface area contributed by atoms with E-state index in [4.69, 9.17) is 15.4 Å². The van der Waals surface area contributed by atoms with E-state index < -0.39 is 37.1 Å². The topological polar surface area (TPSA) is 60.4 Å². The van der Waals surface area contributed by atoms with Crippen LogP contribution in [-0.4, -0.2) is 21.0 Å². The van der Waals surface area contributed by atoms with Crippen LogP contribution < -0.4 is 0 Å². The number of ether oxygens (including phenoxy) is 1. The highest BCUT2D eigenvalue weighted by Gasteiger charge is 2.23. The number of esters is 1. The van der Waals surface area contributed by atoms with Crippen LogP contribution in [0.5, 0.6) is 0 Å². The van der Waals surface area contributed by atoms with Gasteiger partial charge in [0, 0.05) is 16.7 Å². The van der Waals surface area contributed by atoms with E-state index in [0.29, 0.717) is 12.5 Å². The quantitative estimate of drug-likeness (QED) is 0.616. The van der Waals surface area contributed by atoms with E-state index in [-0.39, 0.29) is 18.6 Å². The summed E-state index contributed by atoms with van der Waals surface area (Å²) in [5.41, 5.74) is -0.672. The Morgan fingerprint density at radius 3 is 2.40 bits per heavy atom. The third kappa shape index (κ3) is 4.42. The molecule has 112 valence electrons. The normalized spacial score (nSPS) is 11.7. The average molecular weight is 327 g/mol. The van der Waals surface area contributed by atoms with Crippen molar-refractivity contribution in [3.05, 3.63) is 29.3 Å². The molecule has 0 amide bonds. The molecule has 1 rings (SSSR count). The maximum atomic E-state index is 13.5. The van der Waals surface area contributed by atoms with E-state index in [1.807, 2.05) is 13.8 Å². The Hall–Kier alpha value is -1.21. The van der Waals surface area contributed by atoms with Crippen molar-refractivity contribution in [2.24, 2.45) is 5.92 Å². The van der Waals surface area contributed by atoms with Gasteiger partial charge < -0.3 is 4.74 Å². The predicted octanol–water partition coefficient (Wildman–Crippen LogP) is 3.10. The van der Waals surface area contributed by atoms with Gasteiger partial charge >= 0.3 is 5.97 Å². The van der Waals surface area contributed by atoms with E-state index in [9.17, 15) is 22.0 Å². The van der Waals surface area contributed by atoms with Gasteiger partial charge in [-0.15, -0.1) is 0 Å². The summed E-state index contributed by atoms with van der Waals surface area (Å²) in [7, 11) is 0.579. The zero-order valence-corrected chi connectivity index (χ0v) is 12.4. The van der Waals surface area contributed by atoms with Crippen LogP contribution in [0.25, 0.3) is 0 Å². The van der Waals surface area contributed by atoms with Crippen LogP contribution >= 0.6 is 10.7 Å². The SMILES string of the molecule is CC(C)CCOC(=O)c1cc(S(=O)(=O)Cl)c(F)cc1F. The Balaban J connectivity index is 3.04. The molecule has 0 atom stereocenters. The monoisotopic (exact) mass is 326 g/mol. The zero-order chi connectivity index (χ0) is 15.5. The van der Waals surface area contributed by atoms with Crippen molar-refractivity contribution >= 4 is 25.7 Å². The highest BCUT2D eigenvalue weighted by molar-refractivity contribution is 8.13. The lowest BCUT2D eigenvalue weighted by atomic mass is 10.1. The number of rotatable bonds is 5. The van der Waals surface area contributed by atoms with Crippen LogP contribution in [0.1, 0.15) is 30.6 Å². The number of hydrogen-bond donors (Lipinski definition) is 0. The molecule has 0 spiro atoms. The second kappa shape index (κ2) is 6.49. The summed E-state index contributed by atoms with van der Waals surface area (Å²) in [6.07, 6.45) is 0.565. The lowest BCUT2D eigenvalue weighted by Crippen LogP contribution is -2.12. The largest absolute Gasteiger partial charge is 0.462 e. The van der Waals surface area contributed by atoms with Gasteiger partial charge in [0.05, 0.1) is 12.2 Å². The second-order valence-electron chi connectivity index (χ2n) is 4.52. The third-order valence-corrected chi connectivity index (χ3v) is 3.77. The van der Waals surface area contributed by atoms with Gasteiger partial charge in [-0.2, -0.15) is 0 Å². The van der Waals surface area contributed by atoms with Crippen LogP contribution in [0.15, 0.2) is 17.0 Å². The highest BCUT2D eigenvalue weighted by Crippen LogP contribution is 2.23. The molecular formula is C12H13ClF2O4S. The second-order valence-corrected chi connectivity index (χ2v) is 7.05. The fourth-order valence-corrected chi connectivity index (χ4v) is 2.24. The van der Waals surface area contributed by atoms with Crippen molar-refractivity contribution in [3.63, 3.8) is 0 Å². The minimum absolute atomic E-state index is 0.0519. The number of carbonyl (C=O) groups excluding carboxylic acids is 1. The first-order chi connectivity index (χ1) is 9.12. The van der Waals surface area contributed by atoms with Gasteiger partial charge in [-0.3, -0.25) is 0 Å². The number of benzene rings is 1. The molecule has 0 aromatic heterocycles. The van der Waals surface area contributed by atoms with Gasteiger partial charge in [-0.1, -0.05) is 13.8 Å². The van der Waals surface area contributed by atoms with Crippen molar-refractivity contribution in [2.75, 3.05) is 6.61 Å². The summed E-state index contributed by atoms with van der Waals surface area (Å²) in [5.74, 6) is -3.36. The number of halogens is 3. The van der Waals surface area contributed by atoms with Gasteiger partial charge in [0.25, 0.3) is 9.05 Å². The van der Waals surface area contributed by atoms with Crippen molar-refractivity contribution < 1.29 is 26.7 Å². The third-order valence-electron chi connectivity index (χ3n) is 2.43. The Kier molecular flexibility index (Phi) is 5.47. The fourth-order valence-electron chi connectivity index (χ4n) is 1.34. The standard InChI is InChI=1S/C12H13ClF2O4S/c1-7(2)3-4-19-12(16)8-5-11(20(13,17)18)10(15)6-9(8)14/h5-7H,3-4H2,1-2H3. The van der Waals surface area contributed by atoms with Crippen LogP contribution in [0.4, 0.5) is 8.78 Å². The minimum atomic E-state index is -4.42. The first-order valence-corrected chi connectivity index (χ1v) is 8.04. The predicted molar refractivity (Wildman–Crippen MR) is 69.1 cm³/mol. The molecule has 0 unspecified atom stereocenters. The molecule has 0 bridgehead atoms. The van der Waals surface area contributed by atoms with E-state index in [0.717, 1.165) is 0 Å². The lowest BCUT2D eigenvalue weighted by Gasteiger charge is -2.08. The Bertz CT molecular complexity index is 614. The first kappa shape index (κ1) is 16.8. The van der Waals surface area contributed by atoms with Crippen LogP contribution in [-0.2, 0) is 13.8 Å². The van der Waals surface area contributed by atoms with Gasteiger partial charge in [-0.25, -0.2) is 22.0 Å². The van der Waals surface area contributed by atoms with Crippen LogP contribution in [0.2, 0.25) is 0 Å². The Morgan fingerprint density at radius 1 is 1.30 bits per heavy atom.